The number of Topliss-reactive ketones (excluding diaryl/α,β-unsaturated/α-hetero) is 1. The minimum atomic E-state index is -0.873. The van der Waals surface area contributed by atoms with Gasteiger partial charge in [-0.05, 0) is 74.2 Å². The van der Waals surface area contributed by atoms with Crippen molar-refractivity contribution in [1.29, 1.82) is 0 Å². The maximum absolute atomic E-state index is 12.7. The lowest BCUT2D eigenvalue weighted by Gasteiger charge is -2.12. The second-order valence-electron chi connectivity index (χ2n) is 10.5. The molecule has 2 aromatic carbocycles. The highest BCUT2D eigenvalue weighted by molar-refractivity contribution is 6.00. The first-order valence-electron chi connectivity index (χ1n) is 15.0. The molecule has 0 radical (unpaired) electrons. The van der Waals surface area contributed by atoms with E-state index in [4.69, 9.17) is 9.47 Å². The van der Waals surface area contributed by atoms with Crippen LogP contribution in [0.1, 0.15) is 111 Å². The molecule has 0 saturated carbocycles. The molecule has 0 spiro atoms. The molecule has 3 aromatic rings. The molecule has 1 unspecified atom stereocenters. The van der Waals surface area contributed by atoms with Gasteiger partial charge < -0.3 is 9.47 Å². The van der Waals surface area contributed by atoms with Crippen molar-refractivity contribution in [2.75, 3.05) is 0 Å². The van der Waals surface area contributed by atoms with Gasteiger partial charge >= 0.3 is 11.9 Å². The summed E-state index contributed by atoms with van der Waals surface area (Å²) in [5, 5.41) is 0. The lowest BCUT2D eigenvalue weighted by molar-refractivity contribution is -0.146. The van der Waals surface area contributed by atoms with Gasteiger partial charge in [0.1, 0.15) is 5.75 Å². The average molecular weight is 558 g/mol. The van der Waals surface area contributed by atoms with Crippen molar-refractivity contribution in [3.05, 3.63) is 83.6 Å². The fraction of sp³-hybridized carbons (Fsp3) is 0.429. The van der Waals surface area contributed by atoms with E-state index in [0.717, 1.165) is 36.9 Å². The molecule has 218 valence electrons. The Bertz CT molecular complexity index is 1230. The van der Waals surface area contributed by atoms with Crippen LogP contribution in [0.4, 0.5) is 0 Å². The second-order valence-corrected chi connectivity index (χ2v) is 10.5. The summed E-state index contributed by atoms with van der Waals surface area (Å²) in [6.07, 6.45) is 12.8. The Balaban J connectivity index is 1.48. The Morgan fingerprint density at radius 3 is 2.02 bits per heavy atom. The third-order valence-corrected chi connectivity index (χ3v) is 7.07. The highest BCUT2D eigenvalue weighted by atomic mass is 16.5. The summed E-state index contributed by atoms with van der Waals surface area (Å²) in [5.41, 5.74) is 3.83. The molecule has 0 aliphatic carbocycles. The van der Waals surface area contributed by atoms with Crippen LogP contribution in [0.5, 0.6) is 5.75 Å². The second kappa shape index (κ2) is 17.1. The van der Waals surface area contributed by atoms with Gasteiger partial charge in [0.2, 0.25) is 5.78 Å². The molecule has 0 amide bonds. The molecule has 0 fully saturated rings. The smallest absolute Gasteiger partial charge is 0.343 e. The van der Waals surface area contributed by atoms with E-state index in [-0.39, 0.29) is 11.8 Å². The van der Waals surface area contributed by atoms with Crippen LogP contribution in [-0.2, 0) is 16.0 Å². The summed E-state index contributed by atoms with van der Waals surface area (Å²) in [4.78, 5) is 41.9. The van der Waals surface area contributed by atoms with Gasteiger partial charge in [-0.1, -0.05) is 77.0 Å². The monoisotopic (exact) mass is 557 g/mol. The molecule has 3 rings (SSSR count). The number of carbonyl (C=O) groups is 3. The van der Waals surface area contributed by atoms with E-state index in [9.17, 15) is 14.4 Å². The van der Waals surface area contributed by atoms with Gasteiger partial charge in [-0.15, -0.1) is 0 Å². The molecule has 0 N–H and O–H groups in total. The van der Waals surface area contributed by atoms with Crippen molar-refractivity contribution in [2.24, 2.45) is 0 Å². The Morgan fingerprint density at radius 2 is 1.37 bits per heavy atom. The van der Waals surface area contributed by atoms with Crippen molar-refractivity contribution in [2.45, 2.75) is 97.5 Å². The third kappa shape index (κ3) is 10.6. The molecule has 0 aliphatic rings. The fourth-order valence-electron chi connectivity index (χ4n) is 4.55. The average Bonchev–Trinajstić information content (AvgIpc) is 2.99. The number of aromatic nitrogens is 1. The van der Waals surface area contributed by atoms with Gasteiger partial charge in [0.25, 0.3) is 0 Å². The van der Waals surface area contributed by atoms with Gasteiger partial charge in [-0.2, -0.15) is 0 Å². The Hall–Kier alpha value is -3.80. The van der Waals surface area contributed by atoms with Crippen LogP contribution in [0.2, 0.25) is 0 Å². The number of pyridine rings is 1. The number of unbranched alkanes of at least 4 members (excludes halogenated alkanes) is 7. The molecule has 1 atom stereocenters. The zero-order chi connectivity index (χ0) is 29.5. The molecule has 0 saturated heterocycles. The quantitative estimate of drug-likeness (QED) is 0.0715. The number of ketones is 1. The van der Waals surface area contributed by atoms with E-state index in [0.29, 0.717) is 23.3 Å². The van der Waals surface area contributed by atoms with E-state index < -0.39 is 12.1 Å². The van der Waals surface area contributed by atoms with Crippen molar-refractivity contribution < 1.29 is 23.9 Å². The van der Waals surface area contributed by atoms with Crippen LogP contribution in [0, 0.1) is 0 Å². The van der Waals surface area contributed by atoms with E-state index in [1.54, 1.807) is 43.3 Å². The van der Waals surface area contributed by atoms with Gasteiger partial charge in [-0.25, -0.2) is 4.79 Å². The molecule has 0 aliphatic heterocycles. The summed E-state index contributed by atoms with van der Waals surface area (Å²) in [5.74, 6) is -0.840. The zero-order valence-electron chi connectivity index (χ0n) is 24.7. The number of rotatable bonds is 17. The lowest BCUT2D eigenvalue weighted by atomic mass is 10.0. The van der Waals surface area contributed by atoms with Gasteiger partial charge in [0.15, 0.2) is 6.10 Å². The number of hydrogen-bond acceptors (Lipinski definition) is 6. The van der Waals surface area contributed by atoms with Crippen molar-refractivity contribution >= 4 is 17.7 Å². The summed E-state index contributed by atoms with van der Waals surface area (Å²) < 4.78 is 10.8. The number of ether oxygens (including phenoxy) is 2. The van der Waals surface area contributed by atoms with Crippen LogP contribution < -0.4 is 4.74 Å². The zero-order valence-corrected chi connectivity index (χ0v) is 24.7. The molecular formula is C35H43NO5. The van der Waals surface area contributed by atoms with E-state index in [1.807, 2.05) is 24.4 Å². The van der Waals surface area contributed by atoms with E-state index in [2.05, 4.69) is 24.9 Å². The van der Waals surface area contributed by atoms with E-state index in [1.165, 1.54) is 44.1 Å². The van der Waals surface area contributed by atoms with Gasteiger partial charge in [0.05, 0.1) is 11.3 Å². The summed E-state index contributed by atoms with van der Waals surface area (Å²) in [7, 11) is 0. The van der Waals surface area contributed by atoms with Crippen molar-refractivity contribution in [3.8, 4) is 17.0 Å². The number of aryl methyl sites for hydroxylation is 1. The number of carbonyl (C=O) groups excluding carboxylic acids is 3. The van der Waals surface area contributed by atoms with Crippen molar-refractivity contribution in [3.63, 3.8) is 0 Å². The predicted octanol–water partition coefficient (Wildman–Crippen LogP) is 8.57. The van der Waals surface area contributed by atoms with Crippen LogP contribution in [-0.4, -0.2) is 28.8 Å². The molecule has 41 heavy (non-hydrogen) atoms. The topological polar surface area (TPSA) is 82.6 Å². The Morgan fingerprint density at radius 1 is 0.732 bits per heavy atom. The summed E-state index contributed by atoms with van der Waals surface area (Å²) in [6, 6.07) is 17.6. The fourth-order valence-corrected chi connectivity index (χ4v) is 4.55. The molecule has 1 aromatic heterocycles. The molecular weight excluding hydrogens is 514 g/mol. The Labute approximate surface area is 244 Å². The SMILES string of the molecule is CCCCCCCCc1ccc(-c2ccc(C(=O)Oc3ccc(C(=O)C(C)OC(=O)CCCCC)cc3)cc2)nc1. The lowest BCUT2D eigenvalue weighted by Crippen LogP contribution is -2.24. The number of benzene rings is 2. The molecule has 0 bridgehead atoms. The number of esters is 2. The minimum Gasteiger partial charge on any atom is -0.454 e. The minimum absolute atomic E-state index is 0.300. The number of nitrogens with zero attached hydrogens (tertiary/aromatic N) is 1. The first-order valence-corrected chi connectivity index (χ1v) is 15.0. The van der Waals surface area contributed by atoms with E-state index >= 15 is 0 Å². The third-order valence-electron chi connectivity index (χ3n) is 7.07. The summed E-state index contributed by atoms with van der Waals surface area (Å²) in [6.45, 7) is 5.86. The predicted molar refractivity (Wildman–Crippen MR) is 162 cm³/mol. The normalized spacial score (nSPS) is 11.6. The largest absolute Gasteiger partial charge is 0.454 e. The first-order chi connectivity index (χ1) is 19.9. The standard InChI is InChI=1S/C35H43NO5/c1-4-6-8-9-10-12-13-27-15-24-32(36-25-27)28-16-18-30(19-17-28)35(39)41-31-22-20-29(21-23-31)34(38)26(3)40-33(37)14-11-7-5-2/h15-26H,4-14H2,1-3H3. The van der Waals surface area contributed by atoms with Gasteiger partial charge in [-0.3, -0.25) is 14.6 Å². The van der Waals surface area contributed by atoms with Crippen LogP contribution in [0.3, 0.4) is 0 Å². The summed E-state index contributed by atoms with van der Waals surface area (Å²) >= 11 is 0. The molecule has 6 nitrogen and oxygen atoms in total. The van der Waals surface area contributed by atoms with Crippen LogP contribution in [0.25, 0.3) is 11.3 Å². The number of hydrogen-bond donors (Lipinski definition) is 0. The molecule has 6 heteroatoms. The van der Waals surface area contributed by atoms with Crippen molar-refractivity contribution in [1.82, 2.24) is 4.98 Å². The first kappa shape index (κ1) is 31.7. The van der Waals surface area contributed by atoms with Crippen LogP contribution >= 0.6 is 0 Å². The van der Waals surface area contributed by atoms with Gasteiger partial charge in [0, 0.05) is 23.7 Å². The van der Waals surface area contributed by atoms with Crippen LogP contribution in [0.15, 0.2) is 66.9 Å². The highest BCUT2D eigenvalue weighted by Gasteiger charge is 2.19. The Kier molecular flexibility index (Phi) is 13.2. The molecule has 1 heterocycles. The highest BCUT2D eigenvalue weighted by Crippen LogP contribution is 2.21. The maximum atomic E-state index is 12.7. The maximum Gasteiger partial charge on any atom is 0.343 e.